The number of thiophene rings is 1. The Morgan fingerprint density at radius 2 is 1.81 bits per heavy atom. The van der Waals surface area contributed by atoms with E-state index in [0.29, 0.717) is 0 Å². The van der Waals surface area contributed by atoms with Gasteiger partial charge in [0.2, 0.25) is 0 Å². The predicted molar refractivity (Wildman–Crippen MR) is 107 cm³/mol. The Labute approximate surface area is 157 Å². The lowest BCUT2D eigenvalue weighted by molar-refractivity contribution is -0.00618. The first-order chi connectivity index (χ1) is 12.8. The van der Waals surface area contributed by atoms with Gasteiger partial charge in [0.25, 0.3) is 0 Å². The third kappa shape index (κ3) is 2.94. The van der Waals surface area contributed by atoms with Gasteiger partial charge in [-0.05, 0) is 11.6 Å². The Morgan fingerprint density at radius 3 is 2.69 bits per heavy atom. The zero-order chi connectivity index (χ0) is 17.5. The first kappa shape index (κ1) is 16.7. The molecule has 0 radical (unpaired) electrons. The van der Waals surface area contributed by atoms with Crippen molar-refractivity contribution < 1.29 is 9.84 Å². The Balaban J connectivity index is 1.39. The van der Waals surface area contributed by atoms with Crippen LogP contribution in [0.2, 0.25) is 0 Å². The molecule has 0 saturated carbocycles. The SMILES string of the molecule is O[C@@H]1CN(Cc2cccc3c2sc2ccccc23)C[C@H]1N1CCOCC1. The first-order valence-electron chi connectivity index (χ1n) is 9.41. The summed E-state index contributed by atoms with van der Waals surface area (Å²) >= 11 is 1.89. The van der Waals surface area contributed by atoms with Crippen LogP contribution in [0.15, 0.2) is 42.5 Å². The zero-order valence-corrected chi connectivity index (χ0v) is 15.6. The number of likely N-dealkylation sites (tertiary alicyclic amines) is 1. The maximum Gasteiger partial charge on any atom is 0.0834 e. The minimum absolute atomic E-state index is 0.237. The van der Waals surface area contributed by atoms with Gasteiger partial charge >= 0.3 is 0 Å². The summed E-state index contributed by atoms with van der Waals surface area (Å²) < 4.78 is 8.20. The molecule has 136 valence electrons. The van der Waals surface area contributed by atoms with Gasteiger partial charge in [0.1, 0.15) is 0 Å². The Morgan fingerprint density at radius 1 is 1.00 bits per heavy atom. The first-order valence-corrected chi connectivity index (χ1v) is 10.2. The molecule has 2 saturated heterocycles. The van der Waals surface area contributed by atoms with Crippen LogP contribution in [0.1, 0.15) is 5.56 Å². The van der Waals surface area contributed by atoms with Gasteiger partial charge in [-0.15, -0.1) is 11.3 Å². The van der Waals surface area contributed by atoms with Crippen molar-refractivity contribution in [1.29, 1.82) is 0 Å². The molecule has 0 aliphatic carbocycles. The summed E-state index contributed by atoms with van der Waals surface area (Å²) in [6, 6.07) is 15.5. The molecule has 5 heteroatoms. The number of aliphatic hydroxyl groups is 1. The highest BCUT2D eigenvalue weighted by Gasteiger charge is 2.36. The van der Waals surface area contributed by atoms with Crippen LogP contribution in [0.4, 0.5) is 0 Å². The van der Waals surface area contributed by atoms with Gasteiger partial charge in [-0.2, -0.15) is 0 Å². The molecular formula is C21H24N2O2S. The molecule has 2 fully saturated rings. The number of β-amino-alcohol motifs (C(OH)–C–C–N with tert-alkyl or cyclic N) is 1. The molecule has 1 N–H and O–H groups in total. The predicted octanol–water partition coefficient (Wildman–Crippen LogP) is 2.93. The molecule has 0 bridgehead atoms. The van der Waals surface area contributed by atoms with Crippen LogP contribution in [0, 0.1) is 0 Å². The third-order valence-corrected chi connectivity index (χ3v) is 6.99. The molecular weight excluding hydrogens is 344 g/mol. The standard InChI is InChI=1S/C21H24N2O2S/c24-19-14-22(13-18(19)23-8-10-25-11-9-23)12-15-4-3-6-17-16-5-1-2-7-20(16)26-21(15)17/h1-7,18-19,24H,8-14H2/t18-,19-/m1/s1. The van der Waals surface area contributed by atoms with Crippen molar-refractivity contribution >= 4 is 31.5 Å². The van der Waals surface area contributed by atoms with E-state index in [4.69, 9.17) is 4.74 Å². The van der Waals surface area contributed by atoms with Crippen LogP contribution in [-0.4, -0.2) is 66.4 Å². The molecule has 2 aromatic carbocycles. The number of rotatable bonds is 3. The van der Waals surface area contributed by atoms with Crippen LogP contribution in [-0.2, 0) is 11.3 Å². The van der Waals surface area contributed by atoms with E-state index >= 15 is 0 Å². The van der Waals surface area contributed by atoms with E-state index in [1.807, 2.05) is 11.3 Å². The van der Waals surface area contributed by atoms with Gasteiger partial charge in [-0.3, -0.25) is 9.80 Å². The van der Waals surface area contributed by atoms with E-state index < -0.39 is 0 Å². The van der Waals surface area contributed by atoms with Crippen molar-refractivity contribution in [1.82, 2.24) is 9.80 Å². The van der Waals surface area contributed by atoms with Gasteiger partial charge < -0.3 is 9.84 Å². The van der Waals surface area contributed by atoms with Gasteiger partial charge in [0.05, 0.1) is 19.3 Å². The van der Waals surface area contributed by atoms with Gasteiger partial charge in [-0.25, -0.2) is 0 Å². The van der Waals surface area contributed by atoms with Crippen molar-refractivity contribution in [2.24, 2.45) is 0 Å². The molecule has 3 heterocycles. The van der Waals surface area contributed by atoms with Crippen molar-refractivity contribution in [3.63, 3.8) is 0 Å². The van der Waals surface area contributed by atoms with Crippen molar-refractivity contribution in [2.75, 3.05) is 39.4 Å². The molecule has 3 aromatic rings. The number of hydrogen-bond acceptors (Lipinski definition) is 5. The summed E-state index contributed by atoms with van der Waals surface area (Å²) in [7, 11) is 0. The van der Waals surface area contributed by atoms with E-state index in [2.05, 4.69) is 52.3 Å². The van der Waals surface area contributed by atoms with Crippen LogP contribution >= 0.6 is 11.3 Å². The molecule has 0 amide bonds. The molecule has 4 nitrogen and oxygen atoms in total. The summed E-state index contributed by atoms with van der Waals surface area (Å²) in [6.45, 7) is 6.02. The van der Waals surface area contributed by atoms with Crippen LogP contribution in [0.25, 0.3) is 20.2 Å². The topological polar surface area (TPSA) is 35.9 Å². The maximum atomic E-state index is 10.6. The highest BCUT2D eigenvalue weighted by Crippen LogP contribution is 2.36. The largest absolute Gasteiger partial charge is 0.390 e. The quantitative estimate of drug-likeness (QED) is 0.771. The molecule has 5 rings (SSSR count). The number of aliphatic hydroxyl groups excluding tert-OH is 1. The average molecular weight is 369 g/mol. The van der Waals surface area contributed by atoms with Crippen LogP contribution in [0.3, 0.4) is 0 Å². The van der Waals surface area contributed by atoms with Crippen LogP contribution in [0.5, 0.6) is 0 Å². The van der Waals surface area contributed by atoms with E-state index in [1.54, 1.807) is 0 Å². The summed E-state index contributed by atoms with van der Waals surface area (Å²) in [5.74, 6) is 0. The van der Waals surface area contributed by atoms with Crippen LogP contribution < -0.4 is 0 Å². The minimum atomic E-state index is -0.269. The summed E-state index contributed by atoms with van der Waals surface area (Å²) in [4.78, 5) is 4.80. The van der Waals surface area contributed by atoms with Crippen molar-refractivity contribution in [3.05, 3.63) is 48.0 Å². The Bertz CT molecular complexity index is 919. The molecule has 1 aromatic heterocycles. The lowest BCUT2D eigenvalue weighted by atomic mass is 10.1. The smallest absolute Gasteiger partial charge is 0.0834 e. The number of morpholine rings is 1. The molecule has 2 atom stereocenters. The van der Waals surface area contributed by atoms with Crippen molar-refractivity contribution in [2.45, 2.75) is 18.7 Å². The summed E-state index contributed by atoms with van der Waals surface area (Å²) in [5.41, 5.74) is 1.37. The Kier molecular flexibility index (Phi) is 4.43. The second kappa shape index (κ2) is 6.91. The fourth-order valence-electron chi connectivity index (χ4n) is 4.41. The highest BCUT2D eigenvalue weighted by molar-refractivity contribution is 7.26. The summed E-state index contributed by atoms with van der Waals surface area (Å²) in [5, 5.41) is 13.3. The van der Waals surface area contributed by atoms with Gasteiger partial charge in [-0.1, -0.05) is 36.4 Å². The molecule has 26 heavy (non-hydrogen) atoms. The molecule has 2 aliphatic rings. The number of nitrogens with zero attached hydrogens (tertiary/aromatic N) is 2. The van der Waals surface area contributed by atoms with E-state index in [0.717, 1.165) is 45.9 Å². The van der Waals surface area contributed by atoms with E-state index in [9.17, 15) is 5.11 Å². The lowest BCUT2D eigenvalue weighted by Crippen LogP contribution is -2.48. The molecule has 0 spiro atoms. The summed E-state index contributed by atoms with van der Waals surface area (Å²) in [6.07, 6.45) is -0.269. The fraction of sp³-hybridized carbons (Fsp3) is 0.429. The minimum Gasteiger partial charge on any atom is -0.390 e. The highest BCUT2D eigenvalue weighted by atomic mass is 32.1. The molecule has 0 unspecified atom stereocenters. The monoisotopic (exact) mass is 368 g/mol. The van der Waals surface area contributed by atoms with Crippen molar-refractivity contribution in [3.8, 4) is 0 Å². The molecule has 2 aliphatic heterocycles. The number of fused-ring (bicyclic) bond motifs is 3. The Hall–Kier alpha value is -1.50. The van der Waals surface area contributed by atoms with Gasteiger partial charge in [0, 0.05) is 58.9 Å². The maximum absolute atomic E-state index is 10.6. The lowest BCUT2D eigenvalue weighted by Gasteiger charge is -2.33. The second-order valence-electron chi connectivity index (χ2n) is 7.37. The fourth-order valence-corrected chi connectivity index (χ4v) is 5.62. The number of hydrogen-bond donors (Lipinski definition) is 1. The average Bonchev–Trinajstić information content (AvgIpc) is 3.23. The normalized spacial score (nSPS) is 25.4. The third-order valence-electron chi connectivity index (χ3n) is 5.73. The van der Waals surface area contributed by atoms with E-state index in [1.165, 1.54) is 25.7 Å². The van der Waals surface area contributed by atoms with Gasteiger partial charge in [0.15, 0.2) is 0 Å². The zero-order valence-electron chi connectivity index (χ0n) is 14.8. The number of ether oxygens (including phenoxy) is 1. The second-order valence-corrected chi connectivity index (χ2v) is 8.42. The number of benzene rings is 2. The van der Waals surface area contributed by atoms with E-state index in [-0.39, 0.29) is 12.1 Å².